The monoisotopic (exact) mass is 423 g/mol. The van der Waals surface area contributed by atoms with Gasteiger partial charge in [0.1, 0.15) is 36.0 Å². The maximum atomic E-state index is 13.4. The van der Waals surface area contributed by atoms with Gasteiger partial charge < -0.3 is 14.5 Å². The van der Waals surface area contributed by atoms with Crippen molar-refractivity contribution >= 4 is 17.9 Å². The Labute approximate surface area is 178 Å². The van der Waals surface area contributed by atoms with Crippen molar-refractivity contribution in [1.82, 2.24) is 24.5 Å². The van der Waals surface area contributed by atoms with Gasteiger partial charge in [-0.2, -0.15) is 14.9 Å². The molecular formula is C21H22FN7O2. The molecule has 1 fully saturated rings. The Balaban J connectivity index is 0.000000150. The van der Waals surface area contributed by atoms with Crippen molar-refractivity contribution in [3.63, 3.8) is 0 Å². The molecule has 0 N–H and O–H groups in total. The molecule has 3 aromatic heterocycles. The highest BCUT2D eigenvalue weighted by Crippen LogP contribution is 2.25. The highest BCUT2D eigenvalue weighted by Gasteiger charge is 2.21. The molecule has 2 aliphatic heterocycles. The topological polar surface area (TPSA) is 99.7 Å². The van der Waals surface area contributed by atoms with Crippen LogP contribution in [-0.4, -0.2) is 63.3 Å². The first-order chi connectivity index (χ1) is 15.2. The van der Waals surface area contributed by atoms with Gasteiger partial charge in [-0.25, -0.2) is 9.37 Å². The van der Waals surface area contributed by atoms with Gasteiger partial charge >= 0.3 is 0 Å². The molecule has 1 atom stereocenters. The Hall–Kier alpha value is -3.74. The van der Waals surface area contributed by atoms with Crippen LogP contribution in [0, 0.1) is 11.3 Å². The van der Waals surface area contributed by atoms with E-state index >= 15 is 0 Å². The van der Waals surface area contributed by atoms with Gasteiger partial charge in [0.2, 0.25) is 6.41 Å². The van der Waals surface area contributed by atoms with Crippen LogP contribution in [-0.2, 0) is 11.3 Å². The Morgan fingerprint density at radius 1 is 1.26 bits per heavy atom. The molecule has 0 saturated carbocycles. The molecule has 0 spiro atoms. The summed E-state index contributed by atoms with van der Waals surface area (Å²) in [6.45, 7) is 2.73. The van der Waals surface area contributed by atoms with Crippen LogP contribution in [0.2, 0.25) is 0 Å². The van der Waals surface area contributed by atoms with E-state index in [2.05, 4.69) is 15.1 Å². The van der Waals surface area contributed by atoms with Crippen molar-refractivity contribution in [3.8, 4) is 11.8 Å². The van der Waals surface area contributed by atoms with Crippen molar-refractivity contribution in [3.05, 3.63) is 48.0 Å². The molecular weight excluding hydrogens is 401 g/mol. The molecule has 1 saturated heterocycles. The molecule has 3 aromatic rings. The number of rotatable bonds is 2. The standard InChI is InChI=1S/C11H13FN4.C10H9N3O2/c12-9-2-1-7-15(8-9)11-4-5-13-10-3-6-14-16(10)11;11-3-8-4-12-5-9-6-13(7-14)1-2-15-10(8)9/h3-6,9H,1-2,7-8H2;4-5,7H,1-2,6H2. The van der Waals surface area contributed by atoms with Crippen molar-refractivity contribution in [2.75, 3.05) is 31.1 Å². The summed E-state index contributed by atoms with van der Waals surface area (Å²) in [5, 5.41) is 13.1. The highest BCUT2D eigenvalue weighted by molar-refractivity contribution is 5.51. The number of halogens is 1. The molecule has 0 aromatic carbocycles. The van der Waals surface area contributed by atoms with Crippen LogP contribution < -0.4 is 9.64 Å². The lowest BCUT2D eigenvalue weighted by atomic mass is 10.1. The number of carbonyl (C=O) groups is 1. The van der Waals surface area contributed by atoms with Crippen molar-refractivity contribution < 1.29 is 13.9 Å². The molecule has 31 heavy (non-hydrogen) atoms. The second-order valence-corrected chi connectivity index (χ2v) is 7.30. The van der Waals surface area contributed by atoms with E-state index < -0.39 is 6.17 Å². The fraction of sp³-hybridized carbons (Fsp3) is 0.381. The minimum atomic E-state index is -0.729. The molecule has 2 aliphatic rings. The Kier molecular flexibility index (Phi) is 6.21. The number of anilines is 1. The zero-order valence-corrected chi connectivity index (χ0v) is 16.9. The third-order valence-electron chi connectivity index (χ3n) is 5.20. The summed E-state index contributed by atoms with van der Waals surface area (Å²) in [6, 6.07) is 5.76. The smallest absolute Gasteiger partial charge is 0.210 e. The number of aromatic nitrogens is 4. The molecule has 1 amide bonds. The van der Waals surface area contributed by atoms with Crippen molar-refractivity contribution in [1.29, 1.82) is 5.26 Å². The van der Waals surface area contributed by atoms with Crippen LogP contribution in [0.4, 0.5) is 10.2 Å². The largest absolute Gasteiger partial charge is 0.490 e. The number of hydrogen-bond donors (Lipinski definition) is 0. The molecule has 0 radical (unpaired) electrons. The van der Waals surface area contributed by atoms with Gasteiger partial charge in [0, 0.05) is 36.8 Å². The number of nitriles is 1. The molecule has 0 bridgehead atoms. The van der Waals surface area contributed by atoms with Gasteiger partial charge in [-0.3, -0.25) is 9.78 Å². The van der Waals surface area contributed by atoms with E-state index in [1.807, 2.05) is 23.1 Å². The van der Waals surface area contributed by atoms with Crippen LogP contribution in [0.15, 0.2) is 36.9 Å². The van der Waals surface area contributed by atoms with Crippen molar-refractivity contribution in [2.45, 2.75) is 25.6 Å². The lowest BCUT2D eigenvalue weighted by molar-refractivity contribution is -0.118. The van der Waals surface area contributed by atoms with E-state index in [1.54, 1.807) is 28.0 Å². The maximum absolute atomic E-state index is 13.4. The van der Waals surface area contributed by atoms with E-state index in [0.717, 1.165) is 36.4 Å². The van der Waals surface area contributed by atoms with E-state index in [-0.39, 0.29) is 0 Å². The molecule has 10 heteroatoms. The predicted molar refractivity (Wildman–Crippen MR) is 110 cm³/mol. The molecule has 9 nitrogen and oxygen atoms in total. The van der Waals surface area contributed by atoms with Gasteiger partial charge in [0.15, 0.2) is 5.65 Å². The fourth-order valence-electron chi connectivity index (χ4n) is 3.70. The maximum Gasteiger partial charge on any atom is 0.210 e. The summed E-state index contributed by atoms with van der Waals surface area (Å²) in [6.07, 6.45) is 8.16. The molecule has 5 rings (SSSR count). The summed E-state index contributed by atoms with van der Waals surface area (Å²) < 4.78 is 20.6. The van der Waals surface area contributed by atoms with Crippen molar-refractivity contribution in [2.24, 2.45) is 0 Å². The second kappa shape index (κ2) is 9.38. The Bertz CT molecular complexity index is 1100. The summed E-state index contributed by atoms with van der Waals surface area (Å²) >= 11 is 0. The highest BCUT2D eigenvalue weighted by atomic mass is 19.1. The second-order valence-electron chi connectivity index (χ2n) is 7.30. The summed E-state index contributed by atoms with van der Waals surface area (Å²) in [4.78, 5) is 22.4. The van der Waals surface area contributed by atoms with Crippen LogP contribution in [0.1, 0.15) is 24.0 Å². The van der Waals surface area contributed by atoms with E-state index in [9.17, 15) is 9.18 Å². The molecule has 160 valence electrons. The van der Waals surface area contributed by atoms with Crippen LogP contribution in [0.5, 0.6) is 5.75 Å². The van der Waals surface area contributed by atoms with Gasteiger partial charge in [0.05, 0.1) is 25.8 Å². The van der Waals surface area contributed by atoms with Crippen LogP contribution in [0.3, 0.4) is 0 Å². The zero-order chi connectivity index (χ0) is 21.6. The quantitative estimate of drug-likeness (QED) is 0.581. The first-order valence-corrected chi connectivity index (χ1v) is 10.1. The van der Waals surface area contributed by atoms with E-state index in [0.29, 0.717) is 44.0 Å². The normalized spacial score (nSPS) is 18.1. The third kappa shape index (κ3) is 4.55. The van der Waals surface area contributed by atoms with E-state index in [4.69, 9.17) is 10.00 Å². The lowest BCUT2D eigenvalue weighted by Crippen LogP contribution is -2.37. The van der Waals surface area contributed by atoms with E-state index in [1.165, 1.54) is 6.20 Å². The number of piperidine rings is 1. The zero-order valence-electron chi connectivity index (χ0n) is 16.9. The number of ether oxygens (including phenoxy) is 1. The summed E-state index contributed by atoms with van der Waals surface area (Å²) in [5.41, 5.74) is 2.00. The first-order valence-electron chi connectivity index (χ1n) is 10.1. The lowest BCUT2D eigenvalue weighted by Gasteiger charge is -2.30. The number of alkyl halides is 1. The molecule has 0 aliphatic carbocycles. The Morgan fingerprint density at radius 2 is 2.16 bits per heavy atom. The van der Waals surface area contributed by atoms with Gasteiger partial charge in [-0.15, -0.1) is 0 Å². The number of carbonyl (C=O) groups excluding carboxylic acids is 1. The average molecular weight is 423 g/mol. The third-order valence-corrected chi connectivity index (χ3v) is 5.20. The minimum Gasteiger partial charge on any atom is -0.490 e. The number of fused-ring (bicyclic) bond motifs is 2. The SMILES string of the molecule is FC1CCCN(c2ccnc3ccnn23)C1.N#Cc1cncc2c1OCCN(C=O)C2. The average Bonchev–Trinajstić information content (AvgIpc) is 3.18. The minimum absolute atomic E-state index is 0.407. The number of hydrogen-bond acceptors (Lipinski definition) is 7. The fourth-order valence-corrected chi connectivity index (χ4v) is 3.70. The Morgan fingerprint density at radius 3 is 2.97 bits per heavy atom. The summed E-state index contributed by atoms with van der Waals surface area (Å²) in [5.74, 6) is 1.48. The van der Waals surface area contributed by atoms with Crippen LogP contribution in [0.25, 0.3) is 5.65 Å². The van der Waals surface area contributed by atoms with Crippen LogP contribution >= 0.6 is 0 Å². The predicted octanol–water partition coefficient (Wildman–Crippen LogP) is 1.97. The van der Waals surface area contributed by atoms with Gasteiger partial charge in [-0.1, -0.05) is 0 Å². The number of nitrogens with zero attached hydrogens (tertiary/aromatic N) is 7. The number of pyridine rings is 1. The molecule has 1 unspecified atom stereocenters. The van der Waals surface area contributed by atoms with Gasteiger partial charge in [-0.05, 0) is 18.9 Å². The summed E-state index contributed by atoms with van der Waals surface area (Å²) in [7, 11) is 0. The molecule has 5 heterocycles. The number of amides is 1. The first kappa shape index (κ1) is 20.5. The van der Waals surface area contributed by atoms with Gasteiger partial charge in [0.25, 0.3) is 0 Å².